The van der Waals surface area contributed by atoms with Gasteiger partial charge in [-0.15, -0.1) is 0 Å². The number of anilines is 2. The fourth-order valence-corrected chi connectivity index (χ4v) is 4.39. The molecule has 1 aromatic rings. The van der Waals surface area contributed by atoms with Crippen molar-refractivity contribution in [2.24, 2.45) is 0 Å². The molecular formula is C21H19Cl2N3O4S. The number of ether oxygens (including phenoxy) is 1. The molecule has 1 N–H and O–H groups in total. The van der Waals surface area contributed by atoms with E-state index in [-0.39, 0.29) is 24.9 Å². The number of hydrogen-bond donors (Lipinski definition) is 1. The third-order valence-electron chi connectivity index (χ3n) is 5.28. The number of amides is 3. The van der Waals surface area contributed by atoms with Gasteiger partial charge in [-0.05, 0) is 30.7 Å². The molecule has 162 valence electrons. The van der Waals surface area contributed by atoms with Crippen molar-refractivity contribution >= 4 is 69.6 Å². The van der Waals surface area contributed by atoms with Gasteiger partial charge in [0.25, 0.3) is 5.91 Å². The number of nitrogens with zero attached hydrogens (tertiary/aromatic N) is 2. The summed E-state index contributed by atoms with van der Waals surface area (Å²) in [6, 6.07) is 5.11. The van der Waals surface area contributed by atoms with Crippen LogP contribution in [0.2, 0.25) is 5.02 Å². The minimum Gasteiger partial charge on any atom is -0.442 e. The Kier molecular flexibility index (Phi) is 6.31. The zero-order valence-corrected chi connectivity index (χ0v) is 18.7. The molecule has 0 saturated carbocycles. The van der Waals surface area contributed by atoms with E-state index >= 15 is 0 Å². The molecule has 1 unspecified atom stereocenters. The Morgan fingerprint density at radius 2 is 2.06 bits per heavy atom. The van der Waals surface area contributed by atoms with Crippen LogP contribution in [0.1, 0.15) is 19.3 Å². The summed E-state index contributed by atoms with van der Waals surface area (Å²) in [4.78, 5) is 40.4. The zero-order chi connectivity index (χ0) is 22.1. The van der Waals surface area contributed by atoms with Crippen molar-refractivity contribution < 1.29 is 19.1 Å². The molecule has 10 heteroatoms. The van der Waals surface area contributed by atoms with Crippen LogP contribution >= 0.6 is 35.4 Å². The van der Waals surface area contributed by atoms with Crippen LogP contribution in [0, 0.1) is 0 Å². The number of halogens is 2. The molecule has 0 aromatic heterocycles. The van der Waals surface area contributed by atoms with E-state index in [2.05, 4.69) is 5.32 Å². The molecule has 7 nitrogen and oxygen atoms in total. The molecular weight excluding hydrogens is 461 g/mol. The summed E-state index contributed by atoms with van der Waals surface area (Å²) in [7, 11) is 0. The predicted molar refractivity (Wildman–Crippen MR) is 123 cm³/mol. The first-order valence-corrected chi connectivity index (χ1v) is 11.0. The Bertz CT molecular complexity index is 1040. The van der Waals surface area contributed by atoms with Gasteiger partial charge in [0.05, 0.1) is 29.4 Å². The molecule has 0 radical (unpaired) electrons. The zero-order valence-electron chi connectivity index (χ0n) is 16.4. The van der Waals surface area contributed by atoms with E-state index in [0.717, 1.165) is 6.42 Å². The van der Waals surface area contributed by atoms with E-state index in [1.807, 2.05) is 0 Å². The molecule has 3 aliphatic rings. The molecule has 2 aliphatic heterocycles. The number of benzene rings is 1. The van der Waals surface area contributed by atoms with Crippen molar-refractivity contribution in [1.29, 1.82) is 0 Å². The topological polar surface area (TPSA) is 79.0 Å². The minimum absolute atomic E-state index is 0.0374. The van der Waals surface area contributed by atoms with Crippen molar-refractivity contribution in [1.82, 2.24) is 5.32 Å². The third-order valence-corrected chi connectivity index (χ3v) is 6.23. The van der Waals surface area contributed by atoms with E-state index in [1.165, 1.54) is 11.0 Å². The largest absolute Gasteiger partial charge is 0.442 e. The lowest BCUT2D eigenvalue weighted by Gasteiger charge is -2.20. The molecule has 1 aliphatic carbocycles. The highest BCUT2D eigenvalue weighted by molar-refractivity contribution is 7.81. The first-order valence-electron chi connectivity index (χ1n) is 9.80. The molecule has 2 heterocycles. The normalized spacial score (nSPS) is 21.2. The van der Waals surface area contributed by atoms with E-state index in [1.54, 1.807) is 29.2 Å². The fraction of sp³-hybridized carbons (Fsp3) is 0.333. The highest BCUT2D eigenvalue weighted by Gasteiger charge is 2.33. The molecule has 0 bridgehead atoms. The molecule has 4 rings (SSSR count). The number of cyclic esters (lactones) is 1. The van der Waals surface area contributed by atoms with Crippen LogP contribution in [0.4, 0.5) is 16.2 Å². The van der Waals surface area contributed by atoms with Crippen molar-refractivity contribution in [3.63, 3.8) is 0 Å². The second-order valence-electron chi connectivity index (χ2n) is 7.39. The number of hydrogen-bond acceptors (Lipinski definition) is 5. The smallest absolute Gasteiger partial charge is 0.414 e. The first kappa shape index (κ1) is 21.8. The number of rotatable bonds is 5. The SMILES string of the molecule is O=C(NCC1CN(c2ccc(N3CCCC3=O)c(Cl)c2)C(=O)O1)C1=CC(Cl)=CCC1=S. The summed E-state index contributed by atoms with van der Waals surface area (Å²) in [5.74, 6) is -0.316. The lowest BCUT2D eigenvalue weighted by atomic mass is 10.0. The van der Waals surface area contributed by atoms with Gasteiger partial charge in [0, 0.05) is 35.0 Å². The van der Waals surface area contributed by atoms with Crippen LogP contribution in [-0.4, -0.2) is 48.5 Å². The molecule has 2 saturated heterocycles. The molecule has 2 fully saturated rings. The molecule has 3 amide bonds. The number of carbonyl (C=O) groups excluding carboxylic acids is 3. The maximum absolute atomic E-state index is 12.4. The predicted octanol–water partition coefficient (Wildman–Crippen LogP) is 3.73. The first-order chi connectivity index (χ1) is 14.8. The summed E-state index contributed by atoms with van der Waals surface area (Å²) in [5, 5.41) is 3.60. The highest BCUT2D eigenvalue weighted by Crippen LogP contribution is 2.34. The van der Waals surface area contributed by atoms with Crippen molar-refractivity contribution in [3.05, 3.63) is 46.0 Å². The van der Waals surface area contributed by atoms with Crippen LogP contribution in [0.15, 0.2) is 41.0 Å². The summed E-state index contributed by atoms with van der Waals surface area (Å²) < 4.78 is 5.38. The lowest BCUT2D eigenvalue weighted by Crippen LogP contribution is -2.36. The van der Waals surface area contributed by atoms with E-state index < -0.39 is 12.2 Å². The van der Waals surface area contributed by atoms with Crippen LogP contribution in [0.3, 0.4) is 0 Å². The van der Waals surface area contributed by atoms with E-state index in [4.69, 9.17) is 40.2 Å². The van der Waals surface area contributed by atoms with Crippen LogP contribution in [-0.2, 0) is 14.3 Å². The molecule has 31 heavy (non-hydrogen) atoms. The monoisotopic (exact) mass is 479 g/mol. The van der Waals surface area contributed by atoms with Gasteiger partial charge in [-0.3, -0.25) is 14.5 Å². The highest BCUT2D eigenvalue weighted by atomic mass is 35.5. The van der Waals surface area contributed by atoms with Crippen molar-refractivity contribution in [2.45, 2.75) is 25.4 Å². The Morgan fingerprint density at radius 1 is 1.26 bits per heavy atom. The van der Waals surface area contributed by atoms with Crippen LogP contribution in [0.5, 0.6) is 0 Å². The van der Waals surface area contributed by atoms with E-state index in [9.17, 15) is 14.4 Å². The maximum atomic E-state index is 12.4. The summed E-state index contributed by atoms with van der Waals surface area (Å²) in [6.45, 7) is 1.02. The second kappa shape index (κ2) is 8.98. The van der Waals surface area contributed by atoms with Gasteiger partial charge in [-0.2, -0.15) is 0 Å². The Morgan fingerprint density at radius 3 is 2.77 bits per heavy atom. The lowest BCUT2D eigenvalue weighted by molar-refractivity contribution is -0.118. The number of carbonyl (C=O) groups is 3. The van der Waals surface area contributed by atoms with Crippen molar-refractivity contribution in [3.8, 4) is 0 Å². The summed E-state index contributed by atoms with van der Waals surface area (Å²) >= 11 is 17.6. The quantitative estimate of drug-likeness (QED) is 0.650. The van der Waals surface area contributed by atoms with Crippen LogP contribution < -0.4 is 15.1 Å². The molecule has 1 aromatic carbocycles. The summed E-state index contributed by atoms with van der Waals surface area (Å²) in [6.07, 6.45) is 3.97. The Labute approximate surface area is 194 Å². The van der Waals surface area contributed by atoms with Gasteiger partial charge in [0.2, 0.25) is 5.91 Å². The minimum atomic E-state index is -0.529. The average molecular weight is 480 g/mol. The standard InChI is InChI=1S/C21H19Cl2N3O4S/c22-12-3-6-18(31)15(8-12)20(28)24-10-14-11-26(21(29)30-14)13-4-5-17(16(23)9-13)25-7-1-2-19(25)27/h3-5,8-9,14H,1-2,6-7,10-11H2,(H,24,28). The number of thiocarbonyl (C=S) groups is 1. The average Bonchev–Trinajstić information content (AvgIpc) is 3.33. The van der Waals surface area contributed by atoms with Gasteiger partial charge in [-0.1, -0.05) is 41.5 Å². The van der Waals surface area contributed by atoms with Crippen molar-refractivity contribution in [2.75, 3.05) is 29.4 Å². The van der Waals surface area contributed by atoms with Gasteiger partial charge in [0.15, 0.2) is 0 Å². The Hall–Kier alpha value is -2.42. The van der Waals surface area contributed by atoms with Crippen LogP contribution in [0.25, 0.3) is 0 Å². The number of nitrogens with one attached hydrogen (secondary N) is 1. The van der Waals surface area contributed by atoms with Gasteiger partial charge >= 0.3 is 6.09 Å². The molecule has 0 spiro atoms. The Balaban J connectivity index is 1.39. The molecule has 1 atom stereocenters. The summed E-state index contributed by atoms with van der Waals surface area (Å²) in [5.41, 5.74) is 1.54. The third kappa shape index (κ3) is 4.61. The fourth-order valence-electron chi connectivity index (χ4n) is 3.70. The van der Waals surface area contributed by atoms with Gasteiger partial charge < -0.3 is 15.0 Å². The van der Waals surface area contributed by atoms with Gasteiger partial charge in [-0.25, -0.2) is 4.79 Å². The number of allylic oxidation sites excluding steroid dienone is 3. The van der Waals surface area contributed by atoms with Gasteiger partial charge in [0.1, 0.15) is 6.10 Å². The van der Waals surface area contributed by atoms with E-state index in [0.29, 0.717) is 51.3 Å². The maximum Gasteiger partial charge on any atom is 0.414 e. The second-order valence-corrected chi connectivity index (χ2v) is 8.72.